The maximum atomic E-state index is 12.1. The monoisotopic (exact) mass is 302 g/mol. The highest BCUT2D eigenvalue weighted by Crippen LogP contribution is 2.29. The summed E-state index contributed by atoms with van der Waals surface area (Å²) >= 11 is 0. The summed E-state index contributed by atoms with van der Waals surface area (Å²) in [5.74, 6) is -0.438. The Morgan fingerprint density at radius 2 is 2.10 bits per heavy atom. The molecule has 0 aliphatic heterocycles. The van der Waals surface area contributed by atoms with Crippen molar-refractivity contribution in [2.75, 3.05) is 5.73 Å². The van der Waals surface area contributed by atoms with Gasteiger partial charge in [-0.2, -0.15) is 0 Å². The van der Waals surface area contributed by atoms with Gasteiger partial charge in [0.2, 0.25) is 0 Å². The first-order chi connectivity index (χ1) is 9.76. The highest BCUT2D eigenvalue weighted by molar-refractivity contribution is 5.95. The molecule has 3 N–H and O–H groups in total. The Hall–Kier alpha value is -1.92. The third-order valence-electron chi connectivity index (χ3n) is 3.68. The molecule has 2 rings (SSSR count). The molecular weight excluding hydrogens is 285 g/mol. The van der Waals surface area contributed by atoms with Gasteiger partial charge in [0.15, 0.2) is 5.75 Å². The number of hydrogen-bond acceptors (Lipinski definition) is 3. The van der Waals surface area contributed by atoms with E-state index in [0.29, 0.717) is 5.92 Å². The fourth-order valence-corrected chi connectivity index (χ4v) is 2.52. The zero-order valence-electron chi connectivity index (χ0n) is 11.5. The van der Waals surface area contributed by atoms with Crippen molar-refractivity contribution in [3.05, 3.63) is 23.8 Å². The molecule has 0 heterocycles. The van der Waals surface area contributed by atoms with Crippen LogP contribution in [0.25, 0.3) is 0 Å². The molecule has 1 aliphatic rings. The lowest BCUT2D eigenvalue weighted by atomic mass is 10.1. The first-order valence-electron chi connectivity index (χ1n) is 6.72. The Bertz CT molecular complexity index is 531. The van der Waals surface area contributed by atoms with Crippen LogP contribution in [0.3, 0.4) is 0 Å². The van der Waals surface area contributed by atoms with E-state index in [1.54, 1.807) is 0 Å². The molecule has 0 spiro atoms. The van der Waals surface area contributed by atoms with E-state index >= 15 is 0 Å². The molecule has 21 heavy (non-hydrogen) atoms. The van der Waals surface area contributed by atoms with E-state index in [2.05, 4.69) is 17.0 Å². The van der Waals surface area contributed by atoms with E-state index in [0.717, 1.165) is 25.3 Å². The second-order valence-corrected chi connectivity index (χ2v) is 5.29. The smallest absolute Gasteiger partial charge is 0.404 e. The molecule has 0 bridgehead atoms. The summed E-state index contributed by atoms with van der Waals surface area (Å²) < 4.78 is 40.2. The highest BCUT2D eigenvalue weighted by Gasteiger charge is 2.32. The summed E-state index contributed by atoms with van der Waals surface area (Å²) in [5.41, 5.74) is 5.50. The van der Waals surface area contributed by atoms with Gasteiger partial charge < -0.3 is 15.8 Å². The fourth-order valence-electron chi connectivity index (χ4n) is 2.52. The van der Waals surface area contributed by atoms with Gasteiger partial charge in [-0.1, -0.05) is 13.3 Å². The predicted octanol–water partition coefficient (Wildman–Crippen LogP) is 3.09. The number of nitrogen functional groups attached to an aromatic ring is 1. The van der Waals surface area contributed by atoms with E-state index in [-0.39, 0.29) is 23.2 Å². The largest absolute Gasteiger partial charge is 0.573 e. The van der Waals surface area contributed by atoms with Crippen LogP contribution < -0.4 is 15.8 Å². The second-order valence-electron chi connectivity index (χ2n) is 5.29. The normalized spacial score (nSPS) is 22.1. The number of rotatable bonds is 3. The predicted molar refractivity (Wildman–Crippen MR) is 71.8 cm³/mol. The van der Waals surface area contributed by atoms with Crippen LogP contribution in [-0.4, -0.2) is 18.3 Å². The summed E-state index contributed by atoms with van der Waals surface area (Å²) in [7, 11) is 0. The number of nitrogens with one attached hydrogen (secondary N) is 1. The number of ether oxygens (including phenoxy) is 1. The van der Waals surface area contributed by atoms with Gasteiger partial charge in [0.05, 0.1) is 5.69 Å². The highest BCUT2D eigenvalue weighted by atomic mass is 19.4. The summed E-state index contributed by atoms with van der Waals surface area (Å²) in [6.45, 7) is 2.06. The van der Waals surface area contributed by atoms with Crippen molar-refractivity contribution in [1.29, 1.82) is 0 Å². The third kappa shape index (κ3) is 4.03. The standard InChI is InChI=1S/C14H17F3N2O2/c1-8-3-2-4-11(8)19-13(20)9-5-6-12(10(18)7-9)21-14(15,16)17/h5-8,11H,2-4,18H2,1H3,(H,19,20). The summed E-state index contributed by atoms with van der Waals surface area (Å²) in [5, 5.41) is 2.88. The Morgan fingerprint density at radius 3 is 2.62 bits per heavy atom. The quantitative estimate of drug-likeness (QED) is 0.843. The topological polar surface area (TPSA) is 64.3 Å². The average Bonchev–Trinajstić information content (AvgIpc) is 2.76. The zero-order valence-corrected chi connectivity index (χ0v) is 11.5. The summed E-state index contributed by atoms with van der Waals surface area (Å²) in [4.78, 5) is 12.1. The van der Waals surface area contributed by atoms with Crippen LogP contribution in [-0.2, 0) is 0 Å². The van der Waals surface area contributed by atoms with Crippen molar-refractivity contribution < 1.29 is 22.7 Å². The van der Waals surface area contributed by atoms with Crippen molar-refractivity contribution in [3.63, 3.8) is 0 Å². The van der Waals surface area contributed by atoms with Crippen LogP contribution >= 0.6 is 0 Å². The van der Waals surface area contributed by atoms with Gasteiger partial charge in [0.25, 0.3) is 5.91 Å². The second kappa shape index (κ2) is 5.83. The lowest BCUT2D eigenvalue weighted by Crippen LogP contribution is -2.36. The number of anilines is 1. The Labute approximate surface area is 120 Å². The lowest BCUT2D eigenvalue weighted by Gasteiger charge is -2.18. The minimum absolute atomic E-state index is 0.102. The number of alkyl halides is 3. The molecule has 0 aromatic heterocycles. The van der Waals surface area contributed by atoms with Crippen LogP contribution in [0, 0.1) is 5.92 Å². The van der Waals surface area contributed by atoms with Crippen LogP contribution in [0.2, 0.25) is 0 Å². The van der Waals surface area contributed by atoms with Crippen molar-refractivity contribution >= 4 is 11.6 Å². The van der Waals surface area contributed by atoms with Gasteiger partial charge in [0, 0.05) is 11.6 Å². The number of hydrogen-bond donors (Lipinski definition) is 2. The molecule has 1 fully saturated rings. The number of nitrogens with two attached hydrogens (primary N) is 1. The minimum atomic E-state index is -4.81. The lowest BCUT2D eigenvalue weighted by molar-refractivity contribution is -0.274. The van der Waals surface area contributed by atoms with E-state index in [9.17, 15) is 18.0 Å². The maximum Gasteiger partial charge on any atom is 0.573 e. The SMILES string of the molecule is CC1CCCC1NC(=O)c1ccc(OC(F)(F)F)c(N)c1. The molecule has 7 heteroatoms. The molecule has 1 amide bonds. The Morgan fingerprint density at radius 1 is 1.38 bits per heavy atom. The van der Waals surface area contributed by atoms with Crippen molar-refractivity contribution in [1.82, 2.24) is 5.32 Å². The molecule has 2 atom stereocenters. The van der Waals surface area contributed by atoms with Gasteiger partial charge in [-0.3, -0.25) is 4.79 Å². The van der Waals surface area contributed by atoms with E-state index < -0.39 is 12.1 Å². The van der Waals surface area contributed by atoms with Crippen LogP contribution in [0.4, 0.5) is 18.9 Å². The minimum Gasteiger partial charge on any atom is -0.404 e. The first kappa shape index (κ1) is 15.5. The van der Waals surface area contributed by atoms with Gasteiger partial charge >= 0.3 is 6.36 Å². The first-order valence-corrected chi connectivity index (χ1v) is 6.72. The molecule has 2 unspecified atom stereocenters. The number of amides is 1. The van der Waals surface area contributed by atoms with Gasteiger partial charge in [0.1, 0.15) is 0 Å². The van der Waals surface area contributed by atoms with Crippen LogP contribution in [0.15, 0.2) is 18.2 Å². The molecule has 0 radical (unpaired) electrons. The Kier molecular flexibility index (Phi) is 4.29. The van der Waals surface area contributed by atoms with Crippen molar-refractivity contribution in [2.45, 2.75) is 38.6 Å². The van der Waals surface area contributed by atoms with Gasteiger partial charge in [-0.25, -0.2) is 0 Å². The number of carbonyl (C=O) groups excluding carboxylic acids is 1. The van der Waals surface area contributed by atoms with Crippen molar-refractivity contribution in [3.8, 4) is 5.75 Å². The van der Waals surface area contributed by atoms with E-state index in [1.807, 2.05) is 0 Å². The molecule has 1 aliphatic carbocycles. The fraction of sp³-hybridized carbons (Fsp3) is 0.500. The molecule has 4 nitrogen and oxygen atoms in total. The number of benzene rings is 1. The van der Waals surface area contributed by atoms with Gasteiger partial charge in [-0.05, 0) is 37.0 Å². The van der Waals surface area contributed by atoms with E-state index in [1.165, 1.54) is 12.1 Å². The molecule has 0 saturated heterocycles. The average molecular weight is 302 g/mol. The molecular formula is C14H17F3N2O2. The number of halogens is 3. The number of carbonyl (C=O) groups is 1. The Balaban J connectivity index is 2.07. The maximum absolute atomic E-state index is 12.1. The third-order valence-corrected chi connectivity index (χ3v) is 3.68. The molecule has 1 aromatic rings. The van der Waals surface area contributed by atoms with Crippen molar-refractivity contribution in [2.24, 2.45) is 5.92 Å². The van der Waals surface area contributed by atoms with E-state index in [4.69, 9.17) is 5.73 Å². The zero-order chi connectivity index (χ0) is 15.6. The van der Waals surface area contributed by atoms with Crippen LogP contribution in [0.5, 0.6) is 5.75 Å². The molecule has 116 valence electrons. The molecule has 1 aromatic carbocycles. The van der Waals surface area contributed by atoms with Crippen LogP contribution in [0.1, 0.15) is 36.5 Å². The van der Waals surface area contributed by atoms with Gasteiger partial charge in [-0.15, -0.1) is 13.2 Å². The molecule has 1 saturated carbocycles. The summed E-state index contributed by atoms with van der Waals surface area (Å²) in [6.07, 6.45) is -1.77. The summed E-state index contributed by atoms with van der Waals surface area (Å²) in [6, 6.07) is 3.61.